The molecule has 1 aromatic carbocycles. The van der Waals surface area contributed by atoms with Gasteiger partial charge in [-0.3, -0.25) is 4.99 Å². The van der Waals surface area contributed by atoms with Crippen molar-refractivity contribution in [2.45, 2.75) is 39.7 Å². The molecule has 1 aliphatic rings. The predicted octanol–water partition coefficient (Wildman–Crippen LogP) is 2.84. The van der Waals surface area contributed by atoms with E-state index in [0.29, 0.717) is 13.2 Å². The molecule has 1 aliphatic heterocycles. The number of benzene rings is 1. The molecular weight excluding hydrogens is 330 g/mol. The van der Waals surface area contributed by atoms with Gasteiger partial charge in [-0.1, -0.05) is 13.3 Å². The first-order valence-electron chi connectivity index (χ1n) is 9.58. The predicted molar refractivity (Wildman–Crippen MR) is 105 cm³/mol. The summed E-state index contributed by atoms with van der Waals surface area (Å²) in [6.07, 6.45) is 3.23. The molecule has 0 atom stereocenters. The van der Waals surface area contributed by atoms with E-state index >= 15 is 0 Å². The number of unbranched alkanes of at least 4 members (excludes halogenated alkanes) is 1. The standard InChI is InChI=1S/C20H33N3O3/c1-5-7-11-26-12-9-22-20(21-6-2)23-10-8-16-13-18(24-3)19(25-4)14-17(16)15-23/h13-14H,5-12,15H2,1-4H3,(H,21,22). The quantitative estimate of drug-likeness (QED) is 0.415. The number of rotatable bonds is 9. The van der Waals surface area contributed by atoms with Crippen molar-refractivity contribution in [3.05, 3.63) is 23.3 Å². The van der Waals surface area contributed by atoms with Crippen LogP contribution in [-0.2, 0) is 17.7 Å². The molecule has 1 aromatic rings. The van der Waals surface area contributed by atoms with E-state index in [1.807, 2.05) is 0 Å². The molecule has 0 aromatic heterocycles. The van der Waals surface area contributed by atoms with E-state index in [1.165, 1.54) is 11.1 Å². The molecule has 0 fully saturated rings. The summed E-state index contributed by atoms with van der Waals surface area (Å²) in [6, 6.07) is 4.18. The maximum Gasteiger partial charge on any atom is 0.194 e. The third kappa shape index (κ3) is 5.53. The van der Waals surface area contributed by atoms with Crippen LogP contribution in [0.4, 0.5) is 0 Å². The van der Waals surface area contributed by atoms with Crippen LogP contribution in [0.5, 0.6) is 11.5 Å². The smallest absolute Gasteiger partial charge is 0.194 e. The summed E-state index contributed by atoms with van der Waals surface area (Å²) in [7, 11) is 3.35. The van der Waals surface area contributed by atoms with Gasteiger partial charge < -0.3 is 24.4 Å². The summed E-state index contributed by atoms with van der Waals surface area (Å²) in [4.78, 5) is 7.03. The fourth-order valence-corrected chi connectivity index (χ4v) is 3.05. The Morgan fingerprint density at radius 3 is 2.50 bits per heavy atom. The van der Waals surface area contributed by atoms with Crippen LogP contribution in [0.1, 0.15) is 37.8 Å². The minimum absolute atomic E-state index is 0.671. The first-order valence-corrected chi connectivity index (χ1v) is 9.58. The van der Waals surface area contributed by atoms with Crippen molar-refractivity contribution in [1.82, 2.24) is 10.2 Å². The molecular formula is C20H33N3O3. The van der Waals surface area contributed by atoms with Crippen molar-refractivity contribution in [3.8, 4) is 11.5 Å². The lowest BCUT2D eigenvalue weighted by Gasteiger charge is -2.32. The van der Waals surface area contributed by atoms with Gasteiger partial charge in [0.15, 0.2) is 17.5 Å². The minimum atomic E-state index is 0.671. The van der Waals surface area contributed by atoms with E-state index in [9.17, 15) is 0 Å². The molecule has 0 saturated heterocycles. The van der Waals surface area contributed by atoms with Crippen molar-refractivity contribution in [1.29, 1.82) is 0 Å². The van der Waals surface area contributed by atoms with Crippen molar-refractivity contribution in [2.75, 3.05) is 47.1 Å². The molecule has 6 nitrogen and oxygen atoms in total. The van der Waals surface area contributed by atoms with Gasteiger partial charge in [0, 0.05) is 26.2 Å². The molecule has 0 saturated carbocycles. The first kappa shape index (κ1) is 20.4. The molecule has 1 heterocycles. The van der Waals surface area contributed by atoms with E-state index in [4.69, 9.17) is 19.2 Å². The molecule has 0 spiro atoms. The number of aliphatic imine (C=N–C) groups is 1. The van der Waals surface area contributed by atoms with Gasteiger partial charge in [-0.25, -0.2) is 0 Å². The highest BCUT2D eigenvalue weighted by atomic mass is 16.5. The van der Waals surface area contributed by atoms with E-state index in [1.54, 1.807) is 14.2 Å². The number of guanidine groups is 1. The van der Waals surface area contributed by atoms with Gasteiger partial charge in [-0.2, -0.15) is 0 Å². The maximum atomic E-state index is 5.62. The zero-order chi connectivity index (χ0) is 18.8. The zero-order valence-electron chi connectivity index (χ0n) is 16.6. The summed E-state index contributed by atoms with van der Waals surface area (Å²) in [6.45, 7) is 9.05. The van der Waals surface area contributed by atoms with Crippen molar-refractivity contribution in [3.63, 3.8) is 0 Å². The summed E-state index contributed by atoms with van der Waals surface area (Å²) < 4.78 is 16.5. The number of nitrogens with one attached hydrogen (secondary N) is 1. The van der Waals surface area contributed by atoms with Crippen LogP contribution < -0.4 is 14.8 Å². The van der Waals surface area contributed by atoms with Gasteiger partial charge in [0.05, 0.1) is 27.4 Å². The fraction of sp³-hybridized carbons (Fsp3) is 0.650. The number of ether oxygens (including phenoxy) is 3. The normalized spacial score (nSPS) is 14.2. The van der Waals surface area contributed by atoms with Crippen molar-refractivity contribution < 1.29 is 14.2 Å². The largest absolute Gasteiger partial charge is 0.493 e. The Bertz CT molecular complexity index is 590. The van der Waals surface area contributed by atoms with Gasteiger partial charge in [-0.05, 0) is 43.0 Å². The highest BCUT2D eigenvalue weighted by Crippen LogP contribution is 2.33. The lowest BCUT2D eigenvalue weighted by Crippen LogP contribution is -2.44. The maximum absolute atomic E-state index is 5.62. The van der Waals surface area contributed by atoms with Crippen molar-refractivity contribution in [2.24, 2.45) is 4.99 Å². The Balaban J connectivity index is 2.02. The first-order chi connectivity index (χ1) is 12.7. The molecule has 0 amide bonds. The Morgan fingerprint density at radius 1 is 1.12 bits per heavy atom. The highest BCUT2D eigenvalue weighted by molar-refractivity contribution is 5.80. The highest BCUT2D eigenvalue weighted by Gasteiger charge is 2.21. The molecule has 26 heavy (non-hydrogen) atoms. The van der Waals surface area contributed by atoms with Gasteiger partial charge >= 0.3 is 0 Å². The van der Waals surface area contributed by atoms with Gasteiger partial charge in [-0.15, -0.1) is 0 Å². The number of nitrogens with zero attached hydrogens (tertiary/aromatic N) is 2. The lowest BCUT2D eigenvalue weighted by molar-refractivity contribution is 0.138. The third-order valence-electron chi connectivity index (χ3n) is 4.49. The van der Waals surface area contributed by atoms with Crippen LogP contribution in [0, 0.1) is 0 Å². The molecule has 6 heteroatoms. The second-order valence-electron chi connectivity index (χ2n) is 6.35. The van der Waals surface area contributed by atoms with Crippen LogP contribution in [0.25, 0.3) is 0 Å². The Labute approximate surface area is 157 Å². The average Bonchev–Trinajstić information content (AvgIpc) is 2.68. The van der Waals surface area contributed by atoms with Gasteiger partial charge in [0.2, 0.25) is 0 Å². The molecule has 0 aliphatic carbocycles. The van der Waals surface area contributed by atoms with Crippen molar-refractivity contribution >= 4 is 5.96 Å². The van der Waals surface area contributed by atoms with E-state index in [-0.39, 0.29) is 0 Å². The fourth-order valence-electron chi connectivity index (χ4n) is 3.05. The van der Waals surface area contributed by atoms with Crippen LogP contribution >= 0.6 is 0 Å². The van der Waals surface area contributed by atoms with Crippen LogP contribution in [0.3, 0.4) is 0 Å². The average molecular weight is 364 g/mol. The molecule has 0 radical (unpaired) electrons. The lowest BCUT2D eigenvalue weighted by atomic mass is 9.99. The Morgan fingerprint density at radius 2 is 1.85 bits per heavy atom. The molecule has 0 unspecified atom stereocenters. The zero-order valence-corrected chi connectivity index (χ0v) is 16.6. The Kier molecular flexibility index (Phi) is 8.54. The second-order valence-corrected chi connectivity index (χ2v) is 6.35. The summed E-state index contributed by atoms with van der Waals surface area (Å²) >= 11 is 0. The Hall–Kier alpha value is -1.95. The summed E-state index contributed by atoms with van der Waals surface area (Å²) in [5.41, 5.74) is 2.58. The minimum Gasteiger partial charge on any atom is -0.493 e. The number of hydrogen-bond donors (Lipinski definition) is 1. The summed E-state index contributed by atoms with van der Waals surface area (Å²) in [5, 5.41) is 3.40. The number of hydrogen-bond acceptors (Lipinski definition) is 4. The molecule has 146 valence electrons. The topological polar surface area (TPSA) is 55.3 Å². The second kappa shape index (κ2) is 10.9. The number of fused-ring (bicyclic) bond motifs is 1. The van der Waals surface area contributed by atoms with Gasteiger partial charge in [0.1, 0.15) is 0 Å². The van der Waals surface area contributed by atoms with E-state index in [2.05, 4.69) is 36.2 Å². The van der Waals surface area contributed by atoms with Crippen LogP contribution in [0.15, 0.2) is 17.1 Å². The molecule has 0 bridgehead atoms. The third-order valence-corrected chi connectivity index (χ3v) is 4.49. The van der Waals surface area contributed by atoms with Crippen LogP contribution in [-0.4, -0.2) is 57.9 Å². The number of methoxy groups -OCH3 is 2. The van der Waals surface area contributed by atoms with E-state index in [0.717, 1.165) is 63.0 Å². The monoisotopic (exact) mass is 363 g/mol. The SMILES string of the molecule is CCCCOCCN=C(NCC)N1CCc2cc(OC)c(OC)cc2C1. The van der Waals surface area contributed by atoms with Crippen LogP contribution in [0.2, 0.25) is 0 Å². The van der Waals surface area contributed by atoms with E-state index < -0.39 is 0 Å². The van der Waals surface area contributed by atoms with Gasteiger partial charge in [0.25, 0.3) is 0 Å². The molecule has 1 N–H and O–H groups in total. The summed E-state index contributed by atoms with van der Waals surface area (Å²) in [5.74, 6) is 2.52. The molecule has 2 rings (SSSR count).